The molecule has 5 heteroatoms. The van der Waals surface area contributed by atoms with Gasteiger partial charge in [0.1, 0.15) is 0 Å². The molecule has 1 amide bonds. The molecule has 1 aromatic rings. The van der Waals surface area contributed by atoms with Crippen LogP contribution in [0.1, 0.15) is 12.1 Å². The zero-order valence-electron chi connectivity index (χ0n) is 7.24. The van der Waals surface area contributed by atoms with Gasteiger partial charge in [-0.2, -0.15) is 15.0 Å². The van der Waals surface area contributed by atoms with Gasteiger partial charge in [0.15, 0.2) is 0 Å². The summed E-state index contributed by atoms with van der Waals surface area (Å²) in [6.45, 7) is 0. The first-order valence-corrected chi connectivity index (χ1v) is 3.78. The Morgan fingerprint density at radius 2 is 2.50 bits per heavy atom. The van der Waals surface area contributed by atoms with Gasteiger partial charge in [-0.3, -0.25) is 4.79 Å². The van der Waals surface area contributed by atoms with Crippen LogP contribution in [0.25, 0.3) is 0 Å². The van der Waals surface area contributed by atoms with Gasteiger partial charge < -0.3 is 5.32 Å². The van der Waals surface area contributed by atoms with Crippen molar-refractivity contribution < 1.29 is 4.79 Å². The molecule has 1 rings (SSSR count). The highest BCUT2D eigenvalue weighted by Gasteiger charge is 2.01. The summed E-state index contributed by atoms with van der Waals surface area (Å²) in [6.07, 6.45) is 2.78. The summed E-state index contributed by atoms with van der Waals surface area (Å²) >= 11 is 0. The number of hydrogen-bond acceptors (Lipinski definition) is 3. The van der Waals surface area contributed by atoms with Gasteiger partial charge in [0, 0.05) is 26.9 Å². The van der Waals surface area contributed by atoms with Gasteiger partial charge in [0.2, 0.25) is 5.91 Å². The maximum absolute atomic E-state index is 10.8. The quantitative estimate of drug-likeness (QED) is 0.661. The minimum Gasteiger partial charge on any atom is -0.359 e. The first-order valence-electron chi connectivity index (χ1n) is 3.78. The molecule has 1 aromatic heterocycles. The maximum atomic E-state index is 10.8. The van der Waals surface area contributed by atoms with E-state index in [-0.39, 0.29) is 5.91 Å². The number of hydrogen-bond donors (Lipinski definition) is 1. The molecule has 0 aliphatic carbocycles. The van der Waals surface area contributed by atoms with Gasteiger partial charge in [-0.1, -0.05) is 0 Å². The smallest absolute Gasteiger partial charge is 0.220 e. The van der Waals surface area contributed by atoms with Gasteiger partial charge in [-0.15, -0.1) is 0 Å². The average Bonchev–Trinajstić information content (AvgIpc) is 2.47. The lowest BCUT2D eigenvalue weighted by Gasteiger charge is -1.95. The van der Waals surface area contributed by atoms with Crippen molar-refractivity contribution in [2.75, 3.05) is 7.05 Å². The van der Waals surface area contributed by atoms with Crippen LogP contribution in [0.3, 0.4) is 0 Å². The Kier molecular flexibility index (Phi) is 2.79. The molecule has 12 heavy (non-hydrogen) atoms. The topological polar surface area (TPSA) is 59.8 Å². The molecule has 0 aliphatic heterocycles. The van der Waals surface area contributed by atoms with Crippen LogP contribution in [0.15, 0.2) is 6.20 Å². The molecule has 1 N–H and O–H groups in total. The zero-order valence-corrected chi connectivity index (χ0v) is 7.24. The van der Waals surface area contributed by atoms with E-state index in [0.717, 1.165) is 5.69 Å². The van der Waals surface area contributed by atoms with Gasteiger partial charge in [-0.25, -0.2) is 0 Å². The Labute approximate surface area is 70.8 Å². The lowest BCUT2D eigenvalue weighted by atomic mass is 10.2. The number of nitrogens with one attached hydrogen (secondary N) is 1. The number of aryl methyl sites for hydroxylation is 2. The average molecular weight is 168 g/mol. The molecule has 0 spiro atoms. The predicted octanol–water partition coefficient (Wildman–Crippen LogP) is -0.506. The lowest BCUT2D eigenvalue weighted by molar-refractivity contribution is -0.120. The van der Waals surface area contributed by atoms with Crippen molar-refractivity contribution in [3.05, 3.63) is 11.9 Å². The highest BCUT2D eigenvalue weighted by atomic mass is 16.1. The Morgan fingerprint density at radius 1 is 1.75 bits per heavy atom. The Balaban J connectivity index is 2.38. The first kappa shape index (κ1) is 8.70. The van der Waals surface area contributed by atoms with Crippen molar-refractivity contribution in [2.24, 2.45) is 7.05 Å². The van der Waals surface area contributed by atoms with Crippen LogP contribution in [0.5, 0.6) is 0 Å². The van der Waals surface area contributed by atoms with Gasteiger partial charge in [-0.05, 0) is 0 Å². The van der Waals surface area contributed by atoms with E-state index in [0.29, 0.717) is 12.8 Å². The largest absolute Gasteiger partial charge is 0.359 e. The fraction of sp³-hybridized carbons (Fsp3) is 0.571. The standard InChI is InChI=1S/C7H12N4O/c1-8-7(12)4-3-6-5-9-11(2)10-6/h5H,3-4H2,1-2H3,(H,8,12). The van der Waals surface area contributed by atoms with Crippen LogP contribution < -0.4 is 5.32 Å². The summed E-state index contributed by atoms with van der Waals surface area (Å²) in [7, 11) is 3.38. The zero-order chi connectivity index (χ0) is 8.97. The molecule has 0 atom stereocenters. The number of rotatable bonds is 3. The van der Waals surface area contributed by atoms with Crippen molar-refractivity contribution in [3.63, 3.8) is 0 Å². The molecule has 5 nitrogen and oxygen atoms in total. The molecule has 0 aliphatic rings. The molecule has 0 bridgehead atoms. The summed E-state index contributed by atoms with van der Waals surface area (Å²) in [5, 5.41) is 10.5. The van der Waals surface area contributed by atoms with E-state index in [4.69, 9.17) is 0 Å². The molecule has 0 saturated heterocycles. The van der Waals surface area contributed by atoms with Crippen LogP contribution in [0.2, 0.25) is 0 Å². The van der Waals surface area contributed by atoms with E-state index in [2.05, 4.69) is 15.5 Å². The highest BCUT2D eigenvalue weighted by molar-refractivity contribution is 5.75. The molecule has 0 unspecified atom stereocenters. The summed E-state index contributed by atoms with van der Waals surface area (Å²) in [4.78, 5) is 12.3. The summed E-state index contributed by atoms with van der Waals surface area (Å²) in [6, 6.07) is 0. The summed E-state index contributed by atoms with van der Waals surface area (Å²) < 4.78 is 0. The number of aromatic nitrogens is 3. The van der Waals surface area contributed by atoms with Crippen LogP contribution >= 0.6 is 0 Å². The normalized spacial score (nSPS) is 9.83. The van der Waals surface area contributed by atoms with Crippen LogP contribution in [0.4, 0.5) is 0 Å². The summed E-state index contributed by atoms with van der Waals surface area (Å²) in [5.74, 6) is 0.0284. The van der Waals surface area contributed by atoms with E-state index >= 15 is 0 Å². The SMILES string of the molecule is CNC(=O)CCc1cnn(C)n1. The molecule has 0 fully saturated rings. The third-order valence-electron chi connectivity index (χ3n) is 1.53. The van der Waals surface area contributed by atoms with Crippen molar-refractivity contribution >= 4 is 5.91 Å². The van der Waals surface area contributed by atoms with E-state index in [1.54, 1.807) is 20.3 Å². The molecule has 0 radical (unpaired) electrons. The number of carbonyl (C=O) groups is 1. The second kappa shape index (κ2) is 3.85. The minimum absolute atomic E-state index is 0.0284. The Bertz CT molecular complexity index is 268. The number of nitrogens with zero attached hydrogens (tertiary/aromatic N) is 3. The molecular formula is C7H12N4O. The fourth-order valence-electron chi connectivity index (χ4n) is 0.869. The molecule has 0 saturated carbocycles. The van der Waals surface area contributed by atoms with Gasteiger partial charge in [0.25, 0.3) is 0 Å². The molecular weight excluding hydrogens is 156 g/mol. The van der Waals surface area contributed by atoms with Crippen molar-refractivity contribution in [1.82, 2.24) is 20.3 Å². The second-order valence-electron chi connectivity index (χ2n) is 2.50. The number of carbonyl (C=O) groups excluding carboxylic acids is 1. The first-order chi connectivity index (χ1) is 5.72. The summed E-state index contributed by atoms with van der Waals surface area (Å²) in [5.41, 5.74) is 0.848. The van der Waals surface area contributed by atoms with Crippen LogP contribution in [0, 0.1) is 0 Å². The van der Waals surface area contributed by atoms with Crippen molar-refractivity contribution in [2.45, 2.75) is 12.8 Å². The predicted molar refractivity (Wildman–Crippen MR) is 43.4 cm³/mol. The molecule has 0 aromatic carbocycles. The maximum Gasteiger partial charge on any atom is 0.220 e. The van der Waals surface area contributed by atoms with Gasteiger partial charge >= 0.3 is 0 Å². The minimum atomic E-state index is 0.0284. The second-order valence-corrected chi connectivity index (χ2v) is 2.50. The third kappa shape index (κ3) is 2.34. The Morgan fingerprint density at radius 3 is 3.00 bits per heavy atom. The van der Waals surface area contributed by atoms with Gasteiger partial charge in [0.05, 0.1) is 11.9 Å². The lowest BCUT2D eigenvalue weighted by Crippen LogP contribution is -2.18. The van der Waals surface area contributed by atoms with E-state index in [9.17, 15) is 4.79 Å². The van der Waals surface area contributed by atoms with Crippen molar-refractivity contribution in [1.29, 1.82) is 0 Å². The molecule has 66 valence electrons. The van der Waals surface area contributed by atoms with E-state index in [1.807, 2.05) is 0 Å². The van der Waals surface area contributed by atoms with E-state index < -0.39 is 0 Å². The monoisotopic (exact) mass is 168 g/mol. The Hall–Kier alpha value is -1.39. The molecule has 1 heterocycles. The van der Waals surface area contributed by atoms with Crippen LogP contribution in [-0.2, 0) is 18.3 Å². The highest BCUT2D eigenvalue weighted by Crippen LogP contribution is 1.95. The fourth-order valence-corrected chi connectivity index (χ4v) is 0.869. The van der Waals surface area contributed by atoms with Crippen LogP contribution in [-0.4, -0.2) is 27.9 Å². The third-order valence-corrected chi connectivity index (χ3v) is 1.53. The number of amides is 1. The van der Waals surface area contributed by atoms with E-state index in [1.165, 1.54) is 4.80 Å². The van der Waals surface area contributed by atoms with Crippen molar-refractivity contribution in [3.8, 4) is 0 Å².